The van der Waals surface area contributed by atoms with E-state index in [0.29, 0.717) is 0 Å². The molecule has 6 nitrogen and oxygen atoms in total. The van der Waals surface area contributed by atoms with Crippen molar-refractivity contribution in [2.45, 2.75) is 6.92 Å². The van der Waals surface area contributed by atoms with Crippen molar-refractivity contribution >= 4 is 16.2 Å². The quantitative estimate of drug-likeness (QED) is 0.519. The molecule has 0 aliphatic carbocycles. The Morgan fingerprint density at radius 3 is 2.45 bits per heavy atom. The first kappa shape index (κ1) is 9.92. The van der Waals surface area contributed by atoms with Crippen molar-refractivity contribution in [3.8, 4) is 0 Å². The van der Waals surface area contributed by atoms with Crippen molar-refractivity contribution in [1.29, 1.82) is 0 Å². The molecule has 64 valence electrons. The summed E-state index contributed by atoms with van der Waals surface area (Å²) in [5.41, 5.74) is 0. The van der Waals surface area contributed by atoms with E-state index in [2.05, 4.69) is 4.18 Å². The van der Waals surface area contributed by atoms with Gasteiger partial charge < -0.3 is 10.3 Å². The Morgan fingerprint density at radius 2 is 2.09 bits per heavy atom. The lowest BCUT2D eigenvalue weighted by atomic mass is 10.5. The third-order valence-corrected chi connectivity index (χ3v) is 1.73. The Morgan fingerprint density at radius 1 is 1.55 bits per heavy atom. The van der Waals surface area contributed by atoms with Gasteiger partial charge in [-0.05, 0) is 6.92 Å². The van der Waals surface area contributed by atoms with Crippen LogP contribution in [0, 0.1) is 0 Å². The zero-order valence-corrected chi connectivity index (χ0v) is 6.64. The minimum atomic E-state index is -3.85. The summed E-state index contributed by atoms with van der Waals surface area (Å²) in [6.45, 7) is 1.39. The average Bonchev–Trinajstić information content (AvgIpc) is 1.54. The lowest BCUT2D eigenvalue weighted by Gasteiger charge is -2.10. The number of carbonyl (C=O) groups excluding carboxylic acids is 1. The summed E-state index contributed by atoms with van der Waals surface area (Å²) in [7, 11) is -3.85. The molecule has 0 aromatic heterocycles. The Hall–Kier alpha value is -1.08. The smallest absolute Gasteiger partial charge is 0.371 e. The summed E-state index contributed by atoms with van der Waals surface area (Å²) >= 11 is 0. The minimum Gasteiger partial charge on any atom is -0.371 e. The van der Waals surface area contributed by atoms with Gasteiger partial charge in [0.2, 0.25) is 0 Å². The largest absolute Gasteiger partial charge is 0.409 e. The molecule has 0 saturated heterocycles. The second-order valence-corrected chi connectivity index (χ2v) is 3.04. The Kier molecular flexibility index (Phi) is 2.60. The van der Waals surface area contributed by atoms with Crippen LogP contribution in [-0.2, 0) is 19.3 Å². The van der Waals surface area contributed by atoms with E-state index in [1.54, 1.807) is 4.72 Å². The van der Waals surface area contributed by atoms with Crippen LogP contribution in [0.3, 0.4) is 0 Å². The maximum absolute atomic E-state index is 10.5. The van der Waals surface area contributed by atoms with Gasteiger partial charge in [0.25, 0.3) is 5.91 Å². The number of carbonyl (C=O) groups is 1. The molecule has 0 aromatic carbocycles. The van der Waals surface area contributed by atoms with Gasteiger partial charge in [-0.3, -0.25) is 4.79 Å². The second kappa shape index (κ2) is 2.89. The van der Waals surface area contributed by atoms with Gasteiger partial charge in [-0.15, -0.1) is 0 Å². The maximum Gasteiger partial charge on any atom is 0.409 e. The zero-order chi connectivity index (χ0) is 7.78. The van der Waals surface area contributed by atoms with Gasteiger partial charge in [0, 0.05) is 6.08 Å². The van der Waals surface area contributed by atoms with Gasteiger partial charge in [0.05, 0.1) is 0 Å². The molecular weight excluding hydrogens is 172 g/mol. The first-order chi connectivity index (χ1) is 4.49. The molecule has 11 heavy (non-hydrogen) atoms. The van der Waals surface area contributed by atoms with Gasteiger partial charge in [-0.25, -0.2) is 4.72 Å². The molecule has 0 unspecified atom stereocenters. The molecule has 7 heteroatoms. The summed E-state index contributed by atoms with van der Waals surface area (Å²) in [5, 5.41) is 0. The van der Waals surface area contributed by atoms with Crippen molar-refractivity contribution in [3.63, 3.8) is 0 Å². The zero-order valence-electron chi connectivity index (χ0n) is 5.83. The number of amides is 1. The van der Waals surface area contributed by atoms with Crippen LogP contribution >= 0.6 is 0 Å². The third kappa shape index (κ3) is 2.56. The summed E-state index contributed by atoms with van der Waals surface area (Å²) < 4.78 is 26.8. The van der Waals surface area contributed by atoms with Gasteiger partial charge in [0.15, 0.2) is 0 Å². The van der Waals surface area contributed by atoms with E-state index < -0.39 is 16.2 Å². The molecule has 0 radical (unpaired) electrons. The number of nitrogens with one attached hydrogen (secondary N) is 1. The second-order valence-electron chi connectivity index (χ2n) is 1.76. The first-order valence-corrected chi connectivity index (χ1v) is 3.85. The molecule has 0 aromatic rings. The molecule has 0 bridgehead atoms. The van der Waals surface area contributed by atoms with Crippen LogP contribution in [0.5, 0.6) is 0 Å². The topological polar surface area (TPSA) is 107 Å². The summed E-state index contributed by atoms with van der Waals surface area (Å²) in [5.74, 6) is -0.604. The lowest BCUT2D eigenvalue weighted by Crippen LogP contribution is -2.34. The highest BCUT2D eigenvalue weighted by molar-refractivity contribution is 7.85. The van der Waals surface area contributed by atoms with Crippen LogP contribution in [-0.4, -0.2) is 14.3 Å². The van der Waals surface area contributed by atoms with E-state index in [9.17, 15) is 13.2 Å². The van der Waals surface area contributed by atoms with Crippen LogP contribution < -0.4 is 10.9 Å². The van der Waals surface area contributed by atoms with E-state index in [4.69, 9.17) is 0 Å². The van der Waals surface area contributed by atoms with Crippen LogP contribution in [0.15, 0.2) is 11.8 Å². The molecular formula is C4H8N2O4S. The van der Waals surface area contributed by atoms with Crippen molar-refractivity contribution in [3.05, 3.63) is 11.8 Å². The number of rotatable bonds is 0. The van der Waals surface area contributed by atoms with E-state index in [1.165, 1.54) is 6.92 Å². The molecule has 1 aliphatic heterocycles. The van der Waals surface area contributed by atoms with Gasteiger partial charge in [-0.2, -0.15) is 8.42 Å². The van der Waals surface area contributed by atoms with Gasteiger partial charge in [-0.1, -0.05) is 0 Å². The highest BCUT2D eigenvalue weighted by Gasteiger charge is 2.20. The molecule has 4 N–H and O–H groups in total. The monoisotopic (exact) mass is 180 g/mol. The Labute approximate surface area is 64.1 Å². The fraction of sp³-hybridized carbons (Fsp3) is 0.250. The Bertz CT molecular complexity index is 291. The van der Waals surface area contributed by atoms with E-state index in [0.717, 1.165) is 6.08 Å². The third-order valence-electron chi connectivity index (χ3n) is 0.801. The van der Waals surface area contributed by atoms with Gasteiger partial charge >= 0.3 is 10.3 Å². The fourth-order valence-corrected chi connectivity index (χ4v) is 1.30. The number of hydrogen-bond donors (Lipinski definition) is 2. The van der Waals surface area contributed by atoms with E-state index in [1.807, 2.05) is 0 Å². The van der Waals surface area contributed by atoms with Crippen molar-refractivity contribution in [2.75, 3.05) is 0 Å². The average molecular weight is 180 g/mol. The predicted molar refractivity (Wildman–Crippen MR) is 36.9 cm³/mol. The van der Waals surface area contributed by atoms with Gasteiger partial charge in [0.1, 0.15) is 5.76 Å². The van der Waals surface area contributed by atoms with Crippen molar-refractivity contribution in [2.24, 2.45) is 0 Å². The molecule has 1 amide bonds. The SMILES string of the molecule is CC1=CC(=O)NS(=O)(=O)O1.N. The fourth-order valence-electron chi connectivity index (χ4n) is 0.555. The summed E-state index contributed by atoms with van der Waals surface area (Å²) in [4.78, 5) is 10.4. The molecule has 1 heterocycles. The van der Waals surface area contributed by atoms with Crippen LogP contribution in [0.2, 0.25) is 0 Å². The number of hydrogen-bond acceptors (Lipinski definition) is 5. The van der Waals surface area contributed by atoms with Crippen LogP contribution in [0.25, 0.3) is 0 Å². The molecule has 0 saturated carbocycles. The van der Waals surface area contributed by atoms with Crippen LogP contribution in [0.1, 0.15) is 6.92 Å². The molecule has 1 rings (SSSR count). The molecule has 0 atom stereocenters. The van der Waals surface area contributed by atoms with Crippen molar-refractivity contribution < 1.29 is 17.4 Å². The van der Waals surface area contributed by atoms with E-state index in [-0.39, 0.29) is 11.9 Å². The van der Waals surface area contributed by atoms with Crippen LogP contribution in [0.4, 0.5) is 0 Å². The predicted octanol–water partition coefficient (Wildman–Crippen LogP) is -0.557. The first-order valence-electron chi connectivity index (χ1n) is 2.44. The highest BCUT2D eigenvalue weighted by Crippen LogP contribution is 2.05. The summed E-state index contributed by atoms with van der Waals surface area (Å²) in [6, 6.07) is 0. The normalized spacial score (nSPS) is 20.5. The Balaban J connectivity index is 0.000001000. The standard InChI is InChI=1S/C4H5NO4S.H3N/c1-3-2-4(6)5-10(7,8)9-3;/h2H,1H3,(H,5,6);1H3. The summed E-state index contributed by atoms with van der Waals surface area (Å²) in [6.07, 6.45) is 1.06. The maximum atomic E-state index is 10.5. The molecule has 0 fully saturated rings. The molecule has 0 spiro atoms. The minimum absolute atomic E-state index is 0. The lowest BCUT2D eigenvalue weighted by molar-refractivity contribution is -0.115. The van der Waals surface area contributed by atoms with Crippen molar-refractivity contribution in [1.82, 2.24) is 10.9 Å². The number of allylic oxidation sites excluding steroid dienone is 1. The van der Waals surface area contributed by atoms with E-state index >= 15 is 0 Å². The highest BCUT2D eigenvalue weighted by atomic mass is 32.2. The molecule has 1 aliphatic rings.